The Kier molecular flexibility index (Phi) is 4.60. The van der Waals surface area contributed by atoms with E-state index in [4.69, 9.17) is 0 Å². The first-order valence-electron chi connectivity index (χ1n) is 7.42. The summed E-state index contributed by atoms with van der Waals surface area (Å²) in [4.78, 5) is 6.22. The molecule has 24 heavy (non-hydrogen) atoms. The summed E-state index contributed by atoms with van der Waals surface area (Å²) in [6.45, 7) is 2.62. The van der Waals surface area contributed by atoms with Crippen LogP contribution in [0.25, 0.3) is 0 Å². The van der Waals surface area contributed by atoms with E-state index in [-0.39, 0.29) is 11.6 Å². The van der Waals surface area contributed by atoms with Crippen LogP contribution in [0, 0.1) is 11.6 Å². The standard InChI is InChI=1S/C17H15F2N5/c1-2-24(12-7-4-3-5-8-12)15-11-20-23-17(21-15)22-16-13(18)9-6-10-14(16)19/h3-11H,2H2,1H3,(H,21,22,23). The predicted molar refractivity (Wildman–Crippen MR) is 88.6 cm³/mol. The highest BCUT2D eigenvalue weighted by Gasteiger charge is 2.13. The average molecular weight is 327 g/mol. The van der Waals surface area contributed by atoms with E-state index in [0.717, 1.165) is 17.8 Å². The van der Waals surface area contributed by atoms with Crippen molar-refractivity contribution in [3.05, 3.63) is 66.4 Å². The second-order valence-electron chi connectivity index (χ2n) is 4.94. The second kappa shape index (κ2) is 6.99. The number of benzene rings is 2. The third-order valence-corrected chi connectivity index (χ3v) is 3.41. The van der Waals surface area contributed by atoms with Crippen molar-refractivity contribution >= 4 is 23.1 Å². The van der Waals surface area contributed by atoms with Crippen LogP contribution in [-0.4, -0.2) is 21.7 Å². The Hall–Kier alpha value is -3.09. The zero-order valence-electron chi connectivity index (χ0n) is 12.9. The first-order chi connectivity index (χ1) is 11.7. The number of anilines is 4. The van der Waals surface area contributed by atoms with Gasteiger partial charge in [-0.2, -0.15) is 10.1 Å². The lowest BCUT2D eigenvalue weighted by atomic mass is 10.3. The van der Waals surface area contributed by atoms with Gasteiger partial charge in [-0.05, 0) is 31.2 Å². The van der Waals surface area contributed by atoms with Crippen LogP contribution in [-0.2, 0) is 0 Å². The molecule has 0 aliphatic rings. The quantitative estimate of drug-likeness (QED) is 0.766. The zero-order chi connectivity index (χ0) is 16.9. The zero-order valence-corrected chi connectivity index (χ0v) is 12.9. The van der Waals surface area contributed by atoms with Gasteiger partial charge in [-0.25, -0.2) is 8.78 Å². The lowest BCUT2D eigenvalue weighted by Crippen LogP contribution is -2.18. The first-order valence-corrected chi connectivity index (χ1v) is 7.42. The number of rotatable bonds is 5. The Morgan fingerprint density at radius 1 is 1.00 bits per heavy atom. The summed E-state index contributed by atoms with van der Waals surface area (Å²) < 4.78 is 27.5. The Morgan fingerprint density at radius 3 is 2.38 bits per heavy atom. The molecular formula is C17H15F2N5. The van der Waals surface area contributed by atoms with Gasteiger partial charge in [0.05, 0.1) is 6.20 Å². The minimum absolute atomic E-state index is 0.0193. The highest BCUT2D eigenvalue weighted by Crippen LogP contribution is 2.25. The van der Waals surface area contributed by atoms with Gasteiger partial charge in [0, 0.05) is 12.2 Å². The van der Waals surface area contributed by atoms with Gasteiger partial charge in [0.1, 0.15) is 17.3 Å². The summed E-state index contributed by atoms with van der Waals surface area (Å²) in [5.74, 6) is -0.900. The first kappa shape index (κ1) is 15.8. The van der Waals surface area contributed by atoms with Crippen LogP contribution in [0.2, 0.25) is 0 Å². The van der Waals surface area contributed by atoms with Crippen molar-refractivity contribution in [2.75, 3.05) is 16.8 Å². The predicted octanol–water partition coefficient (Wildman–Crippen LogP) is 4.05. The highest BCUT2D eigenvalue weighted by atomic mass is 19.1. The van der Waals surface area contributed by atoms with E-state index in [1.165, 1.54) is 12.3 Å². The van der Waals surface area contributed by atoms with Crippen LogP contribution >= 0.6 is 0 Å². The summed E-state index contributed by atoms with van der Waals surface area (Å²) in [6, 6.07) is 13.2. The molecule has 122 valence electrons. The Morgan fingerprint density at radius 2 is 1.71 bits per heavy atom. The third kappa shape index (κ3) is 3.29. The molecule has 1 N–H and O–H groups in total. The molecule has 0 spiro atoms. The SMILES string of the molecule is CCN(c1ccccc1)c1cnnc(Nc2c(F)cccc2F)n1. The number of halogens is 2. The molecule has 0 saturated heterocycles. The molecule has 3 aromatic rings. The van der Waals surface area contributed by atoms with Gasteiger partial charge in [-0.1, -0.05) is 24.3 Å². The summed E-state index contributed by atoms with van der Waals surface area (Å²) in [5, 5.41) is 10.2. The fourth-order valence-electron chi connectivity index (χ4n) is 2.29. The van der Waals surface area contributed by atoms with E-state index >= 15 is 0 Å². The third-order valence-electron chi connectivity index (χ3n) is 3.41. The number of nitrogens with one attached hydrogen (secondary N) is 1. The second-order valence-corrected chi connectivity index (χ2v) is 4.94. The number of nitrogens with zero attached hydrogens (tertiary/aromatic N) is 4. The van der Waals surface area contributed by atoms with E-state index in [1.807, 2.05) is 42.2 Å². The number of aromatic nitrogens is 3. The van der Waals surface area contributed by atoms with Crippen molar-refractivity contribution in [1.29, 1.82) is 0 Å². The molecule has 3 rings (SSSR count). The molecule has 0 aliphatic heterocycles. The lowest BCUT2D eigenvalue weighted by molar-refractivity contribution is 0.590. The Balaban J connectivity index is 1.92. The minimum atomic E-state index is -0.723. The molecule has 1 aromatic heterocycles. The van der Waals surface area contributed by atoms with E-state index in [2.05, 4.69) is 20.5 Å². The molecule has 0 amide bonds. The molecule has 1 heterocycles. The van der Waals surface area contributed by atoms with Crippen molar-refractivity contribution in [3.8, 4) is 0 Å². The molecule has 0 unspecified atom stereocenters. The maximum Gasteiger partial charge on any atom is 0.249 e. The van der Waals surface area contributed by atoms with E-state index in [1.54, 1.807) is 0 Å². The smallest absolute Gasteiger partial charge is 0.249 e. The molecule has 0 atom stereocenters. The van der Waals surface area contributed by atoms with Gasteiger partial charge in [0.2, 0.25) is 5.95 Å². The number of hydrogen-bond acceptors (Lipinski definition) is 5. The van der Waals surface area contributed by atoms with Crippen molar-refractivity contribution in [1.82, 2.24) is 15.2 Å². The molecule has 0 fully saturated rings. The molecule has 0 aliphatic carbocycles. The van der Waals surface area contributed by atoms with Crippen LogP contribution in [0.15, 0.2) is 54.7 Å². The van der Waals surface area contributed by atoms with Crippen LogP contribution in [0.3, 0.4) is 0 Å². The van der Waals surface area contributed by atoms with Gasteiger partial charge in [0.15, 0.2) is 5.82 Å². The molecule has 2 aromatic carbocycles. The van der Waals surface area contributed by atoms with E-state index in [0.29, 0.717) is 12.4 Å². The molecule has 5 nitrogen and oxygen atoms in total. The monoisotopic (exact) mass is 327 g/mol. The van der Waals surface area contributed by atoms with Crippen molar-refractivity contribution in [2.24, 2.45) is 0 Å². The Labute approximate surface area is 138 Å². The van der Waals surface area contributed by atoms with Gasteiger partial charge < -0.3 is 10.2 Å². The van der Waals surface area contributed by atoms with Crippen molar-refractivity contribution in [3.63, 3.8) is 0 Å². The normalized spacial score (nSPS) is 10.5. The lowest BCUT2D eigenvalue weighted by Gasteiger charge is -2.21. The van der Waals surface area contributed by atoms with Crippen LogP contribution in [0.5, 0.6) is 0 Å². The highest BCUT2D eigenvalue weighted by molar-refractivity contribution is 5.61. The van der Waals surface area contributed by atoms with Crippen LogP contribution < -0.4 is 10.2 Å². The van der Waals surface area contributed by atoms with Gasteiger partial charge in [-0.15, -0.1) is 5.10 Å². The van der Waals surface area contributed by atoms with E-state index < -0.39 is 11.6 Å². The van der Waals surface area contributed by atoms with E-state index in [9.17, 15) is 8.78 Å². The average Bonchev–Trinajstić information content (AvgIpc) is 2.60. The van der Waals surface area contributed by atoms with Gasteiger partial charge in [0.25, 0.3) is 0 Å². The summed E-state index contributed by atoms with van der Waals surface area (Å²) in [5.41, 5.74) is 0.628. The summed E-state index contributed by atoms with van der Waals surface area (Å²) in [6.07, 6.45) is 1.50. The molecule has 0 bridgehead atoms. The summed E-state index contributed by atoms with van der Waals surface area (Å²) in [7, 11) is 0. The molecule has 0 radical (unpaired) electrons. The minimum Gasteiger partial charge on any atom is -0.325 e. The van der Waals surface area contributed by atoms with Crippen LogP contribution in [0.1, 0.15) is 6.92 Å². The molecular weight excluding hydrogens is 312 g/mol. The number of hydrogen-bond donors (Lipinski definition) is 1. The molecule has 0 saturated carbocycles. The molecule has 7 heteroatoms. The van der Waals surface area contributed by atoms with Crippen molar-refractivity contribution < 1.29 is 8.78 Å². The topological polar surface area (TPSA) is 53.9 Å². The van der Waals surface area contributed by atoms with Gasteiger partial charge >= 0.3 is 0 Å². The number of para-hydroxylation sites is 2. The largest absolute Gasteiger partial charge is 0.325 e. The van der Waals surface area contributed by atoms with Gasteiger partial charge in [-0.3, -0.25) is 0 Å². The van der Waals surface area contributed by atoms with Crippen molar-refractivity contribution in [2.45, 2.75) is 6.92 Å². The Bertz CT molecular complexity index is 806. The summed E-state index contributed by atoms with van der Waals surface area (Å²) >= 11 is 0. The maximum atomic E-state index is 13.7. The maximum absolute atomic E-state index is 13.7. The fraction of sp³-hybridized carbons (Fsp3) is 0.118. The van der Waals surface area contributed by atoms with Crippen LogP contribution in [0.4, 0.5) is 31.9 Å². The fourth-order valence-corrected chi connectivity index (χ4v) is 2.29.